The minimum atomic E-state index is -1.52. The zero-order valence-corrected chi connectivity index (χ0v) is 29.3. The second kappa shape index (κ2) is 26.0. The van der Waals surface area contributed by atoms with Gasteiger partial charge in [0.1, 0.15) is 18.3 Å². The molecule has 11 heteroatoms. The van der Waals surface area contributed by atoms with Gasteiger partial charge in [0.05, 0.1) is 12.2 Å². The lowest BCUT2D eigenvalue weighted by atomic mass is 9.98. The van der Waals surface area contributed by atoms with Crippen LogP contribution in [0.5, 0.6) is 0 Å². The summed E-state index contributed by atoms with van der Waals surface area (Å²) in [5, 5.41) is 39.1. The molecule has 0 aliphatic carbocycles. The van der Waals surface area contributed by atoms with Crippen molar-refractivity contribution in [2.24, 2.45) is 5.92 Å². The van der Waals surface area contributed by atoms with Gasteiger partial charge in [0.15, 0.2) is 18.3 Å². The Morgan fingerprint density at radius 3 is 1.90 bits per heavy atom. The standard InChI is InChI=1S/C38H60O11/c1-2-3-4-5-6-7-8-9-10-11-12-13-14-15-16-21-27-47-38-34(49-37(45)29-23-18-17-19-24-29)33(32(40)31(28-39)48-38)46-26-22-20-25-30(35(41)42)36(43)44/h4-5,17-19,23-24,30-34,38-40H,2-3,6-16,20-22,25-28H2,1H3,(H,41,42)(H,43,44)/t31-,32+,33+,34-,38+/m1/s1. The Kier molecular flexibility index (Phi) is 22.5. The molecule has 5 atom stereocenters. The number of unbranched alkanes of at least 4 members (excludes halogenated alkanes) is 13. The van der Waals surface area contributed by atoms with Gasteiger partial charge in [-0.25, -0.2) is 4.79 Å². The van der Waals surface area contributed by atoms with Gasteiger partial charge in [0.25, 0.3) is 0 Å². The summed E-state index contributed by atoms with van der Waals surface area (Å²) in [6, 6.07) is 8.36. The van der Waals surface area contributed by atoms with Crippen molar-refractivity contribution in [1.29, 1.82) is 0 Å². The molecule has 2 rings (SSSR count). The summed E-state index contributed by atoms with van der Waals surface area (Å²) in [6.45, 7) is 2.03. The van der Waals surface area contributed by atoms with Gasteiger partial charge in [-0.05, 0) is 57.1 Å². The summed E-state index contributed by atoms with van der Waals surface area (Å²) in [6.07, 6.45) is 15.8. The lowest BCUT2D eigenvalue weighted by molar-refractivity contribution is -0.306. The normalized spacial score (nSPS) is 20.9. The van der Waals surface area contributed by atoms with Gasteiger partial charge < -0.3 is 39.4 Å². The van der Waals surface area contributed by atoms with Crippen LogP contribution >= 0.6 is 0 Å². The number of aliphatic hydroxyl groups excluding tert-OH is 2. The molecule has 4 N–H and O–H groups in total. The van der Waals surface area contributed by atoms with E-state index in [2.05, 4.69) is 19.1 Å². The number of carboxylic acid groups (broad SMARTS) is 2. The molecule has 0 spiro atoms. The zero-order valence-electron chi connectivity index (χ0n) is 29.3. The average molecular weight is 693 g/mol. The Balaban J connectivity index is 1.81. The van der Waals surface area contributed by atoms with E-state index in [0.717, 1.165) is 25.7 Å². The van der Waals surface area contributed by atoms with Crippen LogP contribution in [0.3, 0.4) is 0 Å². The first-order chi connectivity index (χ1) is 23.8. The Morgan fingerprint density at radius 1 is 0.755 bits per heavy atom. The van der Waals surface area contributed by atoms with E-state index >= 15 is 0 Å². The molecular weight excluding hydrogens is 632 g/mol. The molecule has 0 radical (unpaired) electrons. The summed E-state index contributed by atoms with van der Waals surface area (Å²) in [5.41, 5.74) is 0.294. The Morgan fingerprint density at radius 2 is 1.31 bits per heavy atom. The Hall–Kier alpha value is -2.83. The molecule has 11 nitrogen and oxygen atoms in total. The van der Waals surface area contributed by atoms with Crippen LogP contribution in [0, 0.1) is 5.92 Å². The van der Waals surface area contributed by atoms with Crippen LogP contribution in [-0.4, -0.2) is 88.9 Å². The van der Waals surface area contributed by atoms with E-state index in [9.17, 15) is 24.6 Å². The topological polar surface area (TPSA) is 169 Å². The maximum absolute atomic E-state index is 13.0. The van der Waals surface area contributed by atoms with Crippen molar-refractivity contribution in [2.45, 2.75) is 147 Å². The van der Waals surface area contributed by atoms with Gasteiger partial charge in [-0.2, -0.15) is 0 Å². The smallest absolute Gasteiger partial charge is 0.338 e. The van der Waals surface area contributed by atoms with E-state index in [1.54, 1.807) is 30.3 Å². The summed E-state index contributed by atoms with van der Waals surface area (Å²) in [5.74, 6) is -4.99. The fraction of sp³-hybridized carbons (Fsp3) is 0.711. The molecule has 49 heavy (non-hydrogen) atoms. The van der Waals surface area contributed by atoms with Crippen LogP contribution in [0.15, 0.2) is 42.5 Å². The maximum Gasteiger partial charge on any atom is 0.338 e. The van der Waals surface area contributed by atoms with Gasteiger partial charge in [0.2, 0.25) is 0 Å². The predicted molar refractivity (Wildman–Crippen MR) is 185 cm³/mol. The number of hydrogen-bond donors (Lipinski definition) is 4. The van der Waals surface area contributed by atoms with Gasteiger partial charge >= 0.3 is 17.9 Å². The number of carbonyl (C=O) groups is 3. The molecule has 0 bridgehead atoms. The van der Waals surface area contributed by atoms with Gasteiger partial charge in [-0.1, -0.05) is 101 Å². The molecule has 1 saturated heterocycles. The zero-order chi connectivity index (χ0) is 35.7. The molecule has 278 valence electrons. The van der Waals surface area contributed by atoms with Crippen LogP contribution < -0.4 is 0 Å². The molecule has 1 aromatic rings. The lowest BCUT2D eigenvalue weighted by Gasteiger charge is -2.43. The summed E-state index contributed by atoms with van der Waals surface area (Å²) in [7, 11) is 0. The van der Waals surface area contributed by atoms with E-state index in [4.69, 9.17) is 29.2 Å². The molecule has 1 fully saturated rings. The minimum absolute atomic E-state index is 0.0225. The van der Waals surface area contributed by atoms with Gasteiger partial charge in [-0.3, -0.25) is 9.59 Å². The largest absolute Gasteiger partial charge is 0.481 e. The first kappa shape index (κ1) is 42.3. The van der Waals surface area contributed by atoms with Crippen molar-refractivity contribution < 1.29 is 53.8 Å². The average Bonchev–Trinajstić information content (AvgIpc) is 3.09. The molecule has 0 amide bonds. The number of hydrogen-bond acceptors (Lipinski definition) is 9. The number of allylic oxidation sites excluding steroid dienone is 2. The number of esters is 1. The van der Waals surface area contributed by atoms with Crippen molar-refractivity contribution in [1.82, 2.24) is 0 Å². The third-order valence-corrected chi connectivity index (χ3v) is 8.76. The van der Waals surface area contributed by atoms with Crippen LogP contribution in [0.1, 0.15) is 126 Å². The molecule has 0 unspecified atom stereocenters. The first-order valence-electron chi connectivity index (χ1n) is 18.3. The summed E-state index contributed by atoms with van der Waals surface area (Å²) in [4.78, 5) is 35.4. The van der Waals surface area contributed by atoms with Crippen molar-refractivity contribution in [3.8, 4) is 0 Å². The number of aliphatic hydroxyl groups is 2. The monoisotopic (exact) mass is 692 g/mol. The van der Waals surface area contributed by atoms with Crippen LogP contribution in [-0.2, 0) is 28.5 Å². The fourth-order valence-corrected chi connectivity index (χ4v) is 5.84. The van der Waals surface area contributed by atoms with Gasteiger partial charge in [0, 0.05) is 13.2 Å². The van der Waals surface area contributed by atoms with E-state index in [1.807, 2.05) is 0 Å². The molecule has 1 aliphatic rings. The third kappa shape index (κ3) is 17.1. The highest BCUT2D eigenvalue weighted by Gasteiger charge is 2.48. The first-order valence-corrected chi connectivity index (χ1v) is 18.3. The number of carbonyl (C=O) groups excluding carboxylic acids is 1. The molecule has 1 heterocycles. The molecule has 1 aliphatic heterocycles. The third-order valence-electron chi connectivity index (χ3n) is 8.76. The van der Waals surface area contributed by atoms with E-state index < -0.39 is 61.1 Å². The van der Waals surface area contributed by atoms with Crippen LogP contribution in [0.4, 0.5) is 0 Å². The number of aliphatic carboxylic acids is 2. The van der Waals surface area contributed by atoms with Crippen LogP contribution in [0.2, 0.25) is 0 Å². The van der Waals surface area contributed by atoms with Crippen molar-refractivity contribution in [2.75, 3.05) is 19.8 Å². The fourth-order valence-electron chi connectivity index (χ4n) is 5.84. The Bertz CT molecular complexity index is 1050. The SMILES string of the molecule is CCCC=CCCCCCCCCCCCCCO[C@H]1O[C@H](CO)[C@H](O)[C@H](OCCCCC(C(=O)O)C(=O)O)[C@H]1OC(=O)c1ccccc1. The van der Waals surface area contributed by atoms with Crippen molar-refractivity contribution in [3.63, 3.8) is 0 Å². The second-order valence-electron chi connectivity index (χ2n) is 12.8. The second-order valence-corrected chi connectivity index (χ2v) is 12.8. The van der Waals surface area contributed by atoms with Crippen molar-refractivity contribution >= 4 is 17.9 Å². The number of benzene rings is 1. The highest BCUT2D eigenvalue weighted by atomic mass is 16.7. The van der Waals surface area contributed by atoms with Gasteiger partial charge in [-0.15, -0.1) is 0 Å². The maximum atomic E-state index is 13.0. The van der Waals surface area contributed by atoms with E-state index in [1.165, 1.54) is 64.2 Å². The number of carboxylic acids is 2. The predicted octanol–water partition coefficient (Wildman–Crippen LogP) is 6.69. The highest BCUT2D eigenvalue weighted by Crippen LogP contribution is 2.28. The highest BCUT2D eigenvalue weighted by molar-refractivity contribution is 5.92. The van der Waals surface area contributed by atoms with E-state index in [-0.39, 0.29) is 19.4 Å². The number of ether oxygens (including phenoxy) is 4. The molecule has 0 saturated carbocycles. The molecule has 1 aromatic carbocycles. The molecule has 0 aromatic heterocycles. The minimum Gasteiger partial charge on any atom is -0.481 e. The Labute approximate surface area is 292 Å². The summed E-state index contributed by atoms with van der Waals surface area (Å²) < 4.78 is 23.6. The number of rotatable bonds is 28. The molecular formula is C38H60O11. The van der Waals surface area contributed by atoms with E-state index in [0.29, 0.717) is 18.6 Å². The lowest BCUT2D eigenvalue weighted by Crippen LogP contribution is -2.61. The van der Waals surface area contributed by atoms with Crippen molar-refractivity contribution in [3.05, 3.63) is 48.0 Å². The van der Waals surface area contributed by atoms with Crippen LogP contribution in [0.25, 0.3) is 0 Å². The quantitative estimate of drug-likeness (QED) is 0.0320. The summed E-state index contributed by atoms with van der Waals surface area (Å²) >= 11 is 0.